The molecule has 0 aliphatic carbocycles. The van der Waals surface area contributed by atoms with E-state index in [1.165, 1.54) is 0 Å². The molecular formula is C34H25N5O2. The highest BCUT2D eigenvalue weighted by atomic mass is 16.3. The second kappa shape index (κ2) is 9.06. The average Bonchev–Trinajstić information content (AvgIpc) is 3.52. The van der Waals surface area contributed by atoms with Crippen molar-refractivity contribution >= 4 is 34.1 Å². The van der Waals surface area contributed by atoms with Crippen LogP contribution in [0.4, 0.5) is 17.2 Å². The van der Waals surface area contributed by atoms with Crippen molar-refractivity contribution in [2.24, 2.45) is 4.99 Å². The molecule has 0 saturated carbocycles. The number of fused-ring (bicyclic) bond motifs is 5. The summed E-state index contributed by atoms with van der Waals surface area (Å²) in [4.78, 5) is 23.8. The Bertz CT molecular complexity index is 2030. The molecule has 0 spiro atoms. The zero-order chi connectivity index (χ0) is 27.5. The quantitative estimate of drug-likeness (QED) is 0.246. The first kappa shape index (κ1) is 23.5. The lowest BCUT2D eigenvalue weighted by Gasteiger charge is -2.34. The summed E-state index contributed by atoms with van der Waals surface area (Å²) in [6.45, 7) is 2.61. The minimum Gasteiger partial charge on any atom is -0.464 e. The molecule has 0 saturated heterocycles. The van der Waals surface area contributed by atoms with Crippen LogP contribution in [0.1, 0.15) is 28.4 Å². The molecule has 0 fully saturated rings. The number of rotatable bonds is 4. The Kier molecular flexibility index (Phi) is 5.18. The lowest BCUT2D eigenvalue weighted by molar-refractivity contribution is 0.585. The van der Waals surface area contributed by atoms with Gasteiger partial charge >= 0.3 is 0 Å². The number of aromatic nitrogens is 2. The van der Waals surface area contributed by atoms with Gasteiger partial charge in [0.05, 0.1) is 46.3 Å². The lowest BCUT2D eigenvalue weighted by Crippen LogP contribution is -2.44. The normalized spacial score (nSPS) is 15.4. The maximum absolute atomic E-state index is 14.1. The lowest BCUT2D eigenvalue weighted by atomic mass is 9.95. The van der Waals surface area contributed by atoms with E-state index in [2.05, 4.69) is 34.1 Å². The summed E-state index contributed by atoms with van der Waals surface area (Å²) in [6.07, 6.45) is 1.61. The number of guanidine groups is 1. The van der Waals surface area contributed by atoms with E-state index >= 15 is 0 Å². The van der Waals surface area contributed by atoms with Gasteiger partial charge in [0.25, 0.3) is 0 Å². The number of nitrogens with zero attached hydrogens (tertiary/aromatic N) is 5. The van der Waals surface area contributed by atoms with E-state index in [0.29, 0.717) is 28.9 Å². The summed E-state index contributed by atoms with van der Waals surface area (Å²) in [5.41, 5.74) is 6.83. The molecule has 8 rings (SSSR count). The van der Waals surface area contributed by atoms with E-state index in [1.54, 1.807) is 6.26 Å². The van der Waals surface area contributed by atoms with E-state index in [4.69, 9.17) is 14.5 Å². The highest BCUT2D eigenvalue weighted by Crippen LogP contribution is 2.50. The van der Waals surface area contributed by atoms with Crippen molar-refractivity contribution in [1.29, 1.82) is 0 Å². The van der Waals surface area contributed by atoms with Crippen molar-refractivity contribution in [1.82, 2.24) is 9.78 Å². The third-order valence-electron chi connectivity index (χ3n) is 7.89. The van der Waals surface area contributed by atoms with Crippen molar-refractivity contribution in [2.75, 3.05) is 9.80 Å². The molecule has 1 unspecified atom stereocenters. The van der Waals surface area contributed by atoms with Gasteiger partial charge in [-0.25, -0.2) is 4.68 Å². The van der Waals surface area contributed by atoms with E-state index < -0.39 is 6.04 Å². The van der Waals surface area contributed by atoms with E-state index in [1.807, 2.05) is 96.5 Å². The molecule has 7 heteroatoms. The van der Waals surface area contributed by atoms with E-state index in [9.17, 15) is 4.79 Å². The SMILES string of the molecule is Cc1nn(-c2ccccc2)c2c1C(c1coc3ccccc3c1=O)N1C(=N2)N(Cc2ccccc2)c2ccccc21. The fourth-order valence-corrected chi connectivity index (χ4v) is 6.04. The molecular weight excluding hydrogens is 510 g/mol. The fraction of sp³-hybridized carbons (Fsp3) is 0.0882. The minimum absolute atomic E-state index is 0.0603. The van der Waals surface area contributed by atoms with Crippen LogP contribution in [0, 0.1) is 6.92 Å². The van der Waals surface area contributed by atoms with Gasteiger partial charge in [0.1, 0.15) is 11.8 Å². The Morgan fingerprint density at radius 1 is 0.805 bits per heavy atom. The van der Waals surface area contributed by atoms with E-state index in [0.717, 1.165) is 39.8 Å². The molecule has 7 nitrogen and oxygen atoms in total. The van der Waals surface area contributed by atoms with Crippen molar-refractivity contribution in [3.8, 4) is 5.69 Å². The Morgan fingerprint density at radius 3 is 2.29 bits per heavy atom. The van der Waals surface area contributed by atoms with Crippen LogP contribution in [0.3, 0.4) is 0 Å². The largest absolute Gasteiger partial charge is 0.464 e. The van der Waals surface area contributed by atoms with E-state index in [-0.39, 0.29) is 5.43 Å². The molecule has 4 heterocycles. The average molecular weight is 536 g/mol. The Labute approximate surface area is 236 Å². The van der Waals surface area contributed by atoms with Crippen molar-refractivity contribution < 1.29 is 4.42 Å². The van der Waals surface area contributed by atoms with Crippen LogP contribution >= 0.6 is 0 Å². The van der Waals surface area contributed by atoms with Gasteiger partial charge in [-0.3, -0.25) is 9.69 Å². The highest BCUT2D eigenvalue weighted by Gasteiger charge is 2.45. The molecule has 4 aromatic carbocycles. The number of hydrogen-bond acceptors (Lipinski definition) is 6. The van der Waals surface area contributed by atoms with Gasteiger partial charge in [0.2, 0.25) is 5.96 Å². The third kappa shape index (κ3) is 3.55. The Morgan fingerprint density at radius 2 is 1.49 bits per heavy atom. The summed E-state index contributed by atoms with van der Waals surface area (Å²) in [5.74, 6) is 1.46. The first-order valence-corrected chi connectivity index (χ1v) is 13.6. The fourth-order valence-electron chi connectivity index (χ4n) is 6.04. The smallest absolute Gasteiger partial charge is 0.213 e. The molecule has 0 amide bonds. The number of para-hydroxylation sites is 4. The van der Waals surface area contributed by atoms with Crippen LogP contribution in [0.5, 0.6) is 0 Å². The maximum Gasteiger partial charge on any atom is 0.213 e. The number of aliphatic imine (C=N–C) groups is 1. The van der Waals surface area contributed by atoms with Crippen molar-refractivity contribution in [2.45, 2.75) is 19.5 Å². The summed E-state index contributed by atoms with van der Waals surface area (Å²) in [5, 5.41) is 5.51. The molecule has 6 aromatic rings. The molecule has 2 aliphatic rings. The van der Waals surface area contributed by atoms with Gasteiger partial charge in [0, 0.05) is 5.56 Å². The standard InChI is InChI=1S/C34H25N5O2/c1-22-30-31(26-21-41-29-19-11-8-16-25(29)32(26)40)38-28-18-10-9-17-27(28)37(20-23-12-4-2-5-13-23)34(38)35-33(30)39(36-22)24-14-6-3-7-15-24/h2-19,21,31H,20H2,1H3. The molecule has 41 heavy (non-hydrogen) atoms. The molecule has 0 bridgehead atoms. The first-order valence-electron chi connectivity index (χ1n) is 13.6. The summed E-state index contributed by atoms with van der Waals surface area (Å²) < 4.78 is 7.96. The molecule has 0 radical (unpaired) electrons. The van der Waals surface area contributed by atoms with Crippen molar-refractivity contribution in [3.05, 3.63) is 148 Å². The first-order chi connectivity index (χ1) is 20.2. The summed E-state index contributed by atoms with van der Waals surface area (Å²) in [6, 6.07) is 35.5. The molecule has 0 N–H and O–H groups in total. The van der Waals surface area contributed by atoms with Gasteiger partial charge in [-0.1, -0.05) is 72.8 Å². The number of anilines is 2. The number of benzene rings is 4. The second-order valence-corrected chi connectivity index (χ2v) is 10.3. The summed E-state index contributed by atoms with van der Waals surface area (Å²) in [7, 11) is 0. The van der Waals surface area contributed by atoms with Crippen LogP contribution < -0.4 is 15.2 Å². The number of aryl methyl sites for hydroxylation is 1. The minimum atomic E-state index is -0.488. The monoisotopic (exact) mass is 535 g/mol. The van der Waals surface area contributed by atoms with Gasteiger partial charge in [0.15, 0.2) is 11.2 Å². The van der Waals surface area contributed by atoms with Crippen LogP contribution in [-0.2, 0) is 6.54 Å². The van der Waals surface area contributed by atoms with Gasteiger partial charge in [-0.05, 0) is 48.9 Å². The predicted molar refractivity (Wildman–Crippen MR) is 161 cm³/mol. The maximum atomic E-state index is 14.1. The van der Waals surface area contributed by atoms with Crippen LogP contribution in [0.2, 0.25) is 0 Å². The Hall–Kier alpha value is -5.43. The van der Waals surface area contributed by atoms with Crippen LogP contribution in [-0.4, -0.2) is 15.7 Å². The van der Waals surface area contributed by atoms with Gasteiger partial charge in [-0.2, -0.15) is 10.1 Å². The topological polar surface area (TPSA) is 66.9 Å². The predicted octanol–water partition coefficient (Wildman–Crippen LogP) is 6.90. The molecule has 2 aromatic heterocycles. The molecule has 198 valence electrons. The summed E-state index contributed by atoms with van der Waals surface area (Å²) >= 11 is 0. The number of hydrogen-bond donors (Lipinski definition) is 0. The van der Waals surface area contributed by atoms with Crippen LogP contribution in [0.15, 0.2) is 130 Å². The zero-order valence-corrected chi connectivity index (χ0v) is 22.3. The van der Waals surface area contributed by atoms with Gasteiger partial charge in [-0.15, -0.1) is 0 Å². The molecule has 2 aliphatic heterocycles. The van der Waals surface area contributed by atoms with Gasteiger partial charge < -0.3 is 9.32 Å². The zero-order valence-electron chi connectivity index (χ0n) is 22.3. The van der Waals surface area contributed by atoms with Crippen LogP contribution in [0.25, 0.3) is 16.7 Å². The molecule has 1 atom stereocenters. The Balaban J connectivity index is 1.42. The third-order valence-corrected chi connectivity index (χ3v) is 7.89. The second-order valence-electron chi connectivity index (χ2n) is 10.3. The highest BCUT2D eigenvalue weighted by molar-refractivity contribution is 6.18. The van der Waals surface area contributed by atoms with Crippen molar-refractivity contribution in [3.63, 3.8) is 0 Å².